The lowest BCUT2D eigenvalue weighted by Crippen LogP contribution is -2.21. The van der Waals surface area contributed by atoms with E-state index in [4.69, 9.17) is 21.1 Å². The van der Waals surface area contributed by atoms with Crippen molar-refractivity contribution in [1.82, 2.24) is 9.88 Å². The maximum absolute atomic E-state index is 6.35. The molecule has 5 nitrogen and oxygen atoms in total. The number of nitrogens with zero attached hydrogens (tertiary/aromatic N) is 2. The molecular weight excluding hydrogens is 338 g/mol. The Bertz CT molecular complexity index is 775. The summed E-state index contributed by atoms with van der Waals surface area (Å²) in [6, 6.07) is 3.95. The number of fused-ring (bicyclic) bond motifs is 3. The minimum Gasteiger partial charge on any atom is -0.493 e. The molecule has 0 atom stereocenters. The summed E-state index contributed by atoms with van der Waals surface area (Å²) in [5.74, 6) is 1.48. The van der Waals surface area contributed by atoms with Gasteiger partial charge in [-0.2, -0.15) is 0 Å². The number of benzene rings is 1. The summed E-state index contributed by atoms with van der Waals surface area (Å²) < 4.78 is 11.6. The van der Waals surface area contributed by atoms with Crippen LogP contribution in [0.5, 0.6) is 11.5 Å². The van der Waals surface area contributed by atoms with Crippen molar-refractivity contribution in [3.05, 3.63) is 22.8 Å². The number of aromatic nitrogens is 1. The first-order chi connectivity index (χ1) is 12.3. The Morgan fingerprint density at radius 3 is 2.88 bits per heavy atom. The van der Waals surface area contributed by atoms with E-state index >= 15 is 0 Å². The Kier molecular flexibility index (Phi) is 4.86. The molecule has 4 rings (SSSR count). The van der Waals surface area contributed by atoms with Gasteiger partial charge in [-0.05, 0) is 44.8 Å². The maximum atomic E-state index is 6.35. The number of hydrogen-bond acceptors (Lipinski definition) is 5. The Morgan fingerprint density at radius 1 is 1.24 bits per heavy atom. The predicted octanol–water partition coefficient (Wildman–Crippen LogP) is 3.73. The zero-order chi connectivity index (χ0) is 17.2. The second-order valence-corrected chi connectivity index (χ2v) is 7.06. The van der Waals surface area contributed by atoms with Gasteiger partial charge in [-0.25, -0.2) is 4.98 Å². The van der Waals surface area contributed by atoms with Crippen molar-refractivity contribution < 1.29 is 9.47 Å². The van der Waals surface area contributed by atoms with E-state index in [1.165, 1.54) is 25.9 Å². The van der Waals surface area contributed by atoms with E-state index < -0.39 is 0 Å². The van der Waals surface area contributed by atoms with Crippen molar-refractivity contribution in [2.45, 2.75) is 25.7 Å². The molecular formula is C19H24ClN3O2. The van der Waals surface area contributed by atoms with Gasteiger partial charge in [-0.1, -0.05) is 11.6 Å². The van der Waals surface area contributed by atoms with E-state index in [0.29, 0.717) is 11.8 Å². The van der Waals surface area contributed by atoms with Gasteiger partial charge in [0, 0.05) is 30.1 Å². The van der Waals surface area contributed by atoms with Crippen molar-refractivity contribution in [2.24, 2.45) is 0 Å². The molecule has 1 fully saturated rings. The van der Waals surface area contributed by atoms with E-state index in [2.05, 4.69) is 15.2 Å². The summed E-state index contributed by atoms with van der Waals surface area (Å²) in [7, 11) is 1.68. The molecule has 2 aliphatic heterocycles. The average Bonchev–Trinajstić information content (AvgIpc) is 3.30. The highest BCUT2D eigenvalue weighted by molar-refractivity contribution is 6.31. The van der Waals surface area contributed by atoms with Gasteiger partial charge in [0.1, 0.15) is 5.15 Å². The Balaban J connectivity index is 1.53. The van der Waals surface area contributed by atoms with Gasteiger partial charge in [0.25, 0.3) is 0 Å². The van der Waals surface area contributed by atoms with Crippen molar-refractivity contribution >= 4 is 28.2 Å². The highest BCUT2D eigenvalue weighted by Gasteiger charge is 2.20. The minimum atomic E-state index is 0.581. The first-order valence-electron chi connectivity index (χ1n) is 9.05. The summed E-state index contributed by atoms with van der Waals surface area (Å²) >= 11 is 6.35. The van der Waals surface area contributed by atoms with Crippen LogP contribution >= 0.6 is 11.6 Å². The first-order valence-corrected chi connectivity index (χ1v) is 9.43. The van der Waals surface area contributed by atoms with E-state index in [0.717, 1.165) is 59.6 Å². The summed E-state index contributed by atoms with van der Waals surface area (Å²) in [4.78, 5) is 7.05. The molecule has 0 radical (unpaired) electrons. The lowest BCUT2D eigenvalue weighted by Gasteiger charge is -2.16. The lowest BCUT2D eigenvalue weighted by atomic mass is 10.1. The third kappa shape index (κ3) is 3.35. The fourth-order valence-electron chi connectivity index (χ4n) is 3.77. The van der Waals surface area contributed by atoms with E-state index in [9.17, 15) is 0 Å². The standard InChI is InChI=1S/C19H24ClN3O2/c1-24-16-11-14-15(22-19(20)13-5-6-21-18(13)14)12-17(16)25-10-4-9-23-7-2-3-8-23/h11-12,21H,2-10H2,1H3. The van der Waals surface area contributed by atoms with Gasteiger partial charge in [0.05, 0.1) is 24.9 Å². The number of ether oxygens (including phenoxy) is 2. The molecule has 0 aliphatic carbocycles. The molecule has 0 unspecified atom stereocenters. The molecule has 6 heteroatoms. The van der Waals surface area contributed by atoms with Crippen molar-refractivity contribution in [1.29, 1.82) is 0 Å². The molecule has 2 aliphatic rings. The van der Waals surface area contributed by atoms with Crippen LogP contribution in [0.3, 0.4) is 0 Å². The zero-order valence-corrected chi connectivity index (χ0v) is 15.4. The zero-order valence-electron chi connectivity index (χ0n) is 14.6. The topological polar surface area (TPSA) is 46.6 Å². The molecule has 1 saturated heterocycles. The molecule has 2 aromatic rings. The van der Waals surface area contributed by atoms with Gasteiger partial charge < -0.3 is 19.7 Å². The van der Waals surface area contributed by atoms with Crippen molar-refractivity contribution in [2.75, 3.05) is 45.2 Å². The van der Waals surface area contributed by atoms with Gasteiger partial charge >= 0.3 is 0 Å². The Morgan fingerprint density at radius 2 is 2.08 bits per heavy atom. The number of likely N-dealkylation sites (tertiary alicyclic amines) is 1. The molecule has 1 aromatic carbocycles. The number of hydrogen-bond donors (Lipinski definition) is 1. The van der Waals surface area contributed by atoms with Crippen molar-refractivity contribution in [3.63, 3.8) is 0 Å². The molecule has 25 heavy (non-hydrogen) atoms. The van der Waals surface area contributed by atoms with Gasteiger partial charge in [-0.15, -0.1) is 0 Å². The molecule has 0 amide bonds. The highest BCUT2D eigenvalue weighted by atomic mass is 35.5. The summed E-state index contributed by atoms with van der Waals surface area (Å²) in [6.07, 6.45) is 4.57. The number of anilines is 1. The number of pyridine rings is 1. The molecule has 0 bridgehead atoms. The van der Waals surface area contributed by atoms with Gasteiger partial charge in [-0.3, -0.25) is 0 Å². The fraction of sp³-hybridized carbons (Fsp3) is 0.526. The van der Waals surface area contributed by atoms with Gasteiger partial charge in [0.15, 0.2) is 11.5 Å². The highest BCUT2D eigenvalue weighted by Crippen LogP contribution is 2.40. The smallest absolute Gasteiger partial charge is 0.163 e. The number of methoxy groups -OCH3 is 1. The molecule has 3 heterocycles. The van der Waals surface area contributed by atoms with Crippen LogP contribution in [-0.2, 0) is 6.42 Å². The third-order valence-corrected chi connectivity index (χ3v) is 5.39. The molecule has 1 N–H and O–H groups in total. The molecule has 0 spiro atoms. The van der Waals surface area contributed by atoms with Crippen molar-refractivity contribution in [3.8, 4) is 11.5 Å². The third-order valence-electron chi connectivity index (χ3n) is 5.07. The van der Waals surface area contributed by atoms with Crippen LogP contribution in [0, 0.1) is 0 Å². The minimum absolute atomic E-state index is 0.581. The summed E-state index contributed by atoms with van der Waals surface area (Å²) in [5, 5.41) is 5.03. The Labute approximate surface area is 153 Å². The summed E-state index contributed by atoms with van der Waals surface area (Å²) in [5.41, 5.74) is 3.01. The normalized spacial score (nSPS) is 16.9. The number of rotatable bonds is 6. The summed E-state index contributed by atoms with van der Waals surface area (Å²) in [6.45, 7) is 5.11. The monoisotopic (exact) mass is 361 g/mol. The van der Waals surface area contributed by atoms with E-state index in [1.54, 1.807) is 7.11 Å². The van der Waals surface area contributed by atoms with Crippen LogP contribution in [-0.4, -0.2) is 49.8 Å². The second-order valence-electron chi connectivity index (χ2n) is 6.70. The van der Waals surface area contributed by atoms with Gasteiger partial charge in [0.2, 0.25) is 0 Å². The van der Waals surface area contributed by atoms with E-state index in [1.807, 2.05) is 12.1 Å². The molecule has 1 aromatic heterocycles. The van der Waals surface area contributed by atoms with Crippen LogP contribution in [0.1, 0.15) is 24.8 Å². The average molecular weight is 362 g/mol. The molecule has 134 valence electrons. The first kappa shape index (κ1) is 16.7. The maximum Gasteiger partial charge on any atom is 0.163 e. The van der Waals surface area contributed by atoms with Crippen LogP contribution < -0.4 is 14.8 Å². The largest absolute Gasteiger partial charge is 0.493 e. The van der Waals surface area contributed by atoms with Crippen LogP contribution in [0.2, 0.25) is 5.15 Å². The fourth-order valence-corrected chi connectivity index (χ4v) is 4.05. The SMILES string of the molecule is COc1cc2c3c(c(Cl)nc2cc1OCCCN1CCCC1)CCN3. The second kappa shape index (κ2) is 7.26. The quantitative estimate of drug-likeness (QED) is 0.627. The van der Waals surface area contributed by atoms with Crippen LogP contribution in [0.4, 0.5) is 5.69 Å². The molecule has 0 saturated carbocycles. The lowest BCUT2D eigenvalue weighted by molar-refractivity contribution is 0.254. The van der Waals surface area contributed by atoms with E-state index in [-0.39, 0.29) is 0 Å². The number of halogens is 1. The van der Waals surface area contributed by atoms with Crippen LogP contribution in [0.25, 0.3) is 10.9 Å². The number of nitrogens with one attached hydrogen (secondary N) is 1. The predicted molar refractivity (Wildman–Crippen MR) is 101 cm³/mol. The Hall–Kier alpha value is -1.72. The van der Waals surface area contributed by atoms with Crippen LogP contribution in [0.15, 0.2) is 12.1 Å².